The monoisotopic (exact) mass is 453 g/mol. The molecule has 160 valence electrons. The van der Waals surface area contributed by atoms with Crippen molar-refractivity contribution in [3.63, 3.8) is 0 Å². The number of aromatic hydroxyl groups is 1. The van der Waals surface area contributed by atoms with Crippen LogP contribution in [0.25, 0.3) is 0 Å². The Bertz CT molecular complexity index is 1160. The molecule has 2 aliphatic heterocycles. The predicted octanol–water partition coefficient (Wildman–Crippen LogP) is 4.93. The van der Waals surface area contributed by atoms with Gasteiger partial charge in [-0.2, -0.15) is 0 Å². The number of amides is 1. The third-order valence-electron chi connectivity index (χ3n) is 6.12. The quantitative estimate of drug-likeness (QED) is 0.524. The number of benzene rings is 2. The van der Waals surface area contributed by atoms with Crippen molar-refractivity contribution in [3.8, 4) is 5.75 Å². The number of rotatable bonds is 4. The zero-order valence-electron chi connectivity index (χ0n) is 17.2. The number of carbonyl (C=O) groups is 1. The van der Waals surface area contributed by atoms with Crippen LogP contribution in [-0.2, 0) is 19.4 Å². The predicted molar refractivity (Wildman–Crippen MR) is 125 cm³/mol. The van der Waals surface area contributed by atoms with Crippen molar-refractivity contribution in [2.24, 2.45) is 0 Å². The average molecular weight is 454 g/mol. The van der Waals surface area contributed by atoms with E-state index >= 15 is 0 Å². The normalized spacial score (nSPS) is 18.1. The molecule has 1 atom stereocenters. The summed E-state index contributed by atoms with van der Waals surface area (Å²) in [6, 6.07) is 13.3. The molecular formula is C24H24ClN3O2S. The minimum atomic E-state index is -0.478. The van der Waals surface area contributed by atoms with E-state index in [0.29, 0.717) is 12.0 Å². The summed E-state index contributed by atoms with van der Waals surface area (Å²) in [5.41, 5.74) is 4.65. The maximum atomic E-state index is 13.0. The molecule has 0 saturated heterocycles. The maximum Gasteiger partial charge on any atom is 0.256 e. The summed E-state index contributed by atoms with van der Waals surface area (Å²) in [6.07, 6.45) is 1.07. The second kappa shape index (κ2) is 8.19. The highest BCUT2D eigenvalue weighted by Crippen LogP contribution is 2.41. The number of likely N-dealkylation sites (N-methyl/N-ethyl adjacent to an activating group) is 1. The van der Waals surface area contributed by atoms with Crippen LogP contribution in [0.5, 0.6) is 5.75 Å². The summed E-state index contributed by atoms with van der Waals surface area (Å²) in [4.78, 5) is 16.7. The molecule has 7 heteroatoms. The van der Waals surface area contributed by atoms with Gasteiger partial charge in [0.05, 0.1) is 5.56 Å². The lowest BCUT2D eigenvalue weighted by atomic mass is 9.98. The zero-order valence-corrected chi connectivity index (χ0v) is 18.8. The van der Waals surface area contributed by atoms with Gasteiger partial charge >= 0.3 is 0 Å². The largest absolute Gasteiger partial charge is 0.508 e. The van der Waals surface area contributed by atoms with Crippen molar-refractivity contribution < 1.29 is 9.90 Å². The van der Waals surface area contributed by atoms with Gasteiger partial charge < -0.3 is 15.7 Å². The fourth-order valence-electron chi connectivity index (χ4n) is 4.40. The van der Waals surface area contributed by atoms with Gasteiger partial charge in [-0.3, -0.25) is 9.69 Å². The van der Waals surface area contributed by atoms with E-state index < -0.39 is 6.17 Å². The first-order chi connectivity index (χ1) is 15.0. The average Bonchev–Trinajstić information content (AvgIpc) is 3.14. The molecule has 3 heterocycles. The van der Waals surface area contributed by atoms with Gasteiger partial charge in [0.2, 0.25) is 0 Å². The number of thiophene rings is 1. The molecule has 0 fully saturated rings. The molecule has 0 saturated carbocycles. The van der Waals surface area contributed by atoms with Crippen LogP contribution < -0.4 is 10.6 Å². The van der Waals surface area contributed by atoms with Crippen LogP contribution >= 0.6 is 22.9 Å². The van der Waals surface area contributed by atoms with E-state index in [1.807, 2.05) is 36.4 Å². The highest BCUT2D eigenvalue weighted by atomic mass is 35.5. The van der Waals surface area contributed by atoms with E-state index in [-0.39, 0.29) is 11.7 Å². The fraction of sp³-hybridized carbons (Fsp3) is 0.292. The number of anilines is 1. The molecule has 3 N–H and O–H groups in total. The molecule has 0 bridgehead atoms. The minimum absolute atomic E-state index is 0.0721. The Labute approximate surface area is 190 Å². The molecular weight excluding hydrogens is 430 g/mol. The van der Waals surface area contributed by atoms with E-state index in [2.05, 4.69) is 22.5 Å². The molecule has 1 amide bonds. The molecule has 0 radical (unpaired) electrons. The van der Waals surface area contributed by atoms with E-state index in [1.165, 1.54) is 10.4 Å². The van der Waals surface area contributed by atoms with Gasteiger partial charge in [-0.15, -0.1) is 11.3 Å². The van der Waals surface area contributed by atoms with Gasteiger partial charge in [0.15, 0.2) is 0 Å². The third kappa shape index (κ3) is 3.80. The van der Waals surface area contributed by atoms with Crippen molar-refractivity contribution >= 4 is 33.8 Å². The summed E-state index contributed by atoms with van der Waals surface area (Å²) in [5, 5.41) is 18.7. The van der Waals surface area contributed by atoms with Crippen molar-refractivity contribution in [1.29, 1.82) is 0 Å². The van der Waals surface area contributed by atoms with Crippen LogP contribution in [-0.4, -0.2) is 29.0 Å². The number of fused-ring (bicyclic) bond motifs is 3. The molecule has 0 unspecified atom stereocenters. The Hall–Kier alpha value is -2.54. The Balaban J connectivity index is 1.44. The third-order valence-corrected chi connectivity index (χ3v) is 7.63. The number of phenols is 1. The van der Waals surface area contributed by atoms with Gasteiger partial charge in [0.1, 0.15) is 16.9 Å². The fourth-order valence-corrected chi connectivity index (χ4v) is 5.92. The highest BCUT2D eigenvalue weighted by molar-refractivity contribution is 7.16. The van der Waals surface area contributed by atoms with Crippen LogP contribution in [0.4, 0.5) is 5.00 Å². The van der Waals surface area contributed by atoms with Gasteiger partial charge in [-0.1, -0.05) is 42.8 Å². The lowest BCUT2D eigenvalue weighted by Gasteiger charge is -2.28. The Morgan fingerprint density at radius 1 is 1.23 bits per heavy atom. The minimum Gasteiger partial charge on any atom is -0.508 e. The second-order valence-electron chi connectivity index (χ2n) is 8.04. The highest BCUT2D eigenvalue weighted by Gasteiger charge is 2.33. The lowest BCUT2D eigenvalue weighted by molar-refractivity contribution is 0.0934. The Morgan fingerprint density at radius 3 is 2.87 bits per heavy atom. The molecule has 1 aromatic heterocycles. The maximum absolute atomic E-state index is 13.0. The van der Waals surface area contributed by atoms with Crippen molar-refractivity contribution in [2.75, 3.05) is 18.4 Å². The molecule has 31 heavy (non-hydrogen) atoms. The second-order valence-corrected chi connectivity index (χ2v) is 9.55. The molecule has 2 aliphatic rings. The first kappa shape index (κ1) is 20.4. The number of halogens is 1. The molecule has 5 rings (SSSR count). The molecule has 2 aromatic carbocycles. The Morgan fingerprint density at radius 2 is 2.06 bits per heavy atom. The van der Waals surface area contributed by atoms with Crippen LogP contribution in [0.2, 0.25) is 5.02 Å². The summed E-state index contributed by atoms with van der Waals surface area (Å²) < 4.78 is 0. The number of nitrogens with one attached hydrogen (secondary N) is 2. The standard InChI is InChI=1S/C24H24ClN3O2S/c1-2-28-10-9-16-20(13-28)31-24-21(16)23(30)26-22(27-24)17-12-14(7-8-19(17)29)11-15-5-3-4-6-18(15)25/h3-8,12,22,27,29H,2,9-11,13H2,1H3,(H,26,30)/t22-/m0/s1. The number of hydrogen-bond donors (Lipinski definition) is 3. The summed E-state index contributed by atoms with van der Waals surface area (Å²) in [7, 11) is 0. The number of phenolic OH excluding ortho intramolecular Hbond substituents is 1. The summed E-state index contributed by atoms with van der Waals surface area (Å²) >= 11 is 7.98. The van der Waals surface area contributed by atoms with Gasteiger partial charge in [-0.25, -0.2) is 0 Å². The SMILES string of the molecule is CCN1CCc2c(sc3c2C(=O)N[C@H](c2cc(Cc4ccccc4Cl)ccc2O)N3)C1. The van der Waals surface area contributed by atoms with Crippen LogP contribution in [0.1, 0.15) is 50.6 Å². The van der Waals surface area contributed by atoms with E-state index in [9.17, 15) is 9.90 Å². The van der Waals surface area contributed by atoms with E-state index in [0.717, 1.165) is 52.8 Å². The number of carbonyl (C=O) groups excluding carboxylic acids is 1. The van der Waals surface area contributed by atoms with Gasteiger partial charge in [0, 0.05) is 28.6 Å². The molecule has 5 nitrogen and oxygen atoms in total. The number of nitrogens with zero attached hydrogens (tertiary/aromatic N) is 1. The van der Waals surface area contributed by atoms with E-state index in [1.54, 1.807) is 17.4 Å². The van der Waals surface area contributed by atoms with Crippen molar-refractivity contribution in [1.82, 2.24) is 10.2 Å². The molecule has 3 aromatic rings. The molecule has 0 spiro atoms. The lowest BCUT2D eigenvalue weighted by Crippen LogP contribution is -2.39. The number of hydrogen-bond acceptors (Lipinski definition) is 5. The first-order valence-corrected chi connectivity index (χ1v) is 11.7. The zero-order chi connectivity index (χ0) is 21.5. The van der Waals surface area contributed by atoms with Crippen LogP contribution in [0.3, 0.4) is 0 Å². The molecule has 0 aliphatic carbocycles. The smallest absolute Gasteiger partial charge is 0.256 e. The van der Waals surface area contributed by atoms with Crippen molar-refractivity contribution in [3.05, 3.63) is 80.2 Å². The van der Waals surface area contributed by atoms with Gasteiger partial charge in [-0.05, 0) is 54.3 Å². The summed E-state index contributed by atoms with van der Waals surface area (Å²) in [6.45, 7) is 5.05. The van der Waals surface area contributed by atoms with Crippen molar-refractivity contribution in [2.45, 2.75) is 32.5 Å². The first-order valence-electron chi connectivity index (χ1n) is 10.5. The van der Waals surface area contributed by atoms with Crippen LogP contribution in [0.15, 0.2) is 42.5 Å². The van der Waals surface area contributed by atoms with Gasteiger partial charge in [0.25, 0.3) is 5.91 Å². The topological polar surface area (TPSA) is 64.6 Å². The summed E-state index contributed by atoms with van der Waals surface area (Å²) in [5.74, 6) is 0.0831. The van der Waals surface area contributed by atoms with E-state index in [4.69, 9.17) is 11.6 Å². The van der Waals surface area contributed by atoms with Crippen LogP contribution in [0, 0.1) is 0 Å². The Kier molecular flexibility index (Phi) is 5.38.